The molecule has 0 aliphatic rings. The molecule has 7 nitrogen and oxygen atoms in total. The van der Waals surface area contributed by atoms with Gasteiger partial charge in [0.2, 0.25) is 5.43 Å². The quantitative estimate of drug-likeness (QED) is 0.377. The van der Waals surface area contributed by atoms with Gasteiger partial charge in [-0.2, -0.15) is 0 Å². The van der Waals surface area contributed by atoms with Crippen LogP contribution in [0.1, 0.15) is 38.8 Å². The Kier molecular flexibility index (Phi) is 6.23. The number of phenolic OH excluding ortho intramolecular Hbond substituents is 2. The first kappa shape index (κ1) is 23.2. The van der Waals surface area contributed by atoms with Crippen molar-refractivity contribution in [2.45, 2.75) is 39.7 Å². The fourth-order valence-electron chi connectivity index (χ4n) is 3.51. The Morgan fingerprint density at radius 3 is 2.31 bits per heavy atom. The molecule has 0 bridgehead atoms. The van der Waals surface area contributed by atoms with Gasteiger partial charge in [0.05, 0.1) is 25.2 Å². The minimum Gasteiger partial charge on any atom is -0.507 e. The molecule has 0 radical (unpaired) electrons. The van der Waals surface area contributed by atoms with Crippen LogP contribution in [0, 0.1) is 0 Å². The molecule has 0 saturated carbocycles. The molecular weight excluding hydrogens is 412 g/mol. The topological polar surface area (TPSA) is 109 Å². The van der Waals surface area contributed by atoms with Crippen molar-refractivity contribution in [3.63, 3.8) is 0 Å². The number of ether oxygens (including phenoxy) is 2. The molecule has 2 aromatic carbocycles. The van der Waals surface area contributed by atoms with Crippen LogP contribution in [0.15, 0.2) is 39.1 Å². The molecule has 0 saturated heterocycles. The van der Waals surface area contributed by atoms with E-state index in [1.165, 1.54) is 32.4 Å². The molecular formula is C25H28O7. The maximum absolute atomic E-state index is 13.6. The first-order valence-corrected chi connectivity index (χ1v) is 10.1. The minimum atomic E-state index is -1.17. The van der Waals surface area contributed by atoms with E-state index in [4.69, 9.17) is 13.9 Å². The van der Waals surface area contributed by atoms with Crippen LogP contribution in [-0.2, 0) is 6.42 Å². The zero-order valence-corrected chi connectivity index (χ0v) is 19.1. The van der Waals surface area contributed by atoms with Gasteiger partial charge in [-0.1, -0.05) is 23.8 Å². The highest BCUT2D eigenvalue weighted by Gasteiger charge is 2.23. The van der Waals surface area contributed by atoms with Gasteiger partial charge in [0, 0.05) is 23.3 Å². The van der Waals surface area contributed by atoms with Gasteiger partial charge in [-0.05, 0) is 34.1 Å². The summed E-state index contributed by atoms with van der Waals surface area (Å²) in [6.45, 7) is 7.03. The molecule has 0 unspecified atom stereocenters. The summed E-state index contributed by atoms with van der Waals surface area (Å²) in [5.74, 6) is -0.0106. The Balaban J connectivity index is 2.49. The third kappa shape index (κ3) is 4.29. The van der Waals surface area contributed by atoms with Crippen LogP contribution in [-0.4, -0.2) is 35.1 Å². The van der Waals surface area contributed by atoms with Gasteiger partial charge in [0.1, 0.15) is 28.1 Å². The van der Waals surface area contributed by atoms with Crippen molar-refractivity contribution in [3.05, 3.63) is 51.2 Å². The maximum atomic E-state index is 13.6. The second-order valence-corrected chi connectivity index (χ2v) is 8.40. The largest absolute Gasteiger partial charge is 0.507 e. The van der Waals surface area contributed by atoms with Gasteiger partial charge in [-0.15, -0.1) is 0 Å². The molecule has 0 amide bonds. The molecule has 1 aromatic heterocycles. The summed E-state index contributed by atoms with van der Waals surface area (Å²) in [6, 6.07) is 2.84. The predicted octanol–water partition coefficient (Wildman–Crippen LogP) is 4.67. The van der Waals surface area contributed by atoms with Crippen LogP contribution in [0.25, 0.3) is 28.0 Å². The second kappa shape index (κ2) is 8.59. The minimum absolute atomic E-state index is 0.00103. The number of hydrogen-bond acceptors (Lipinski definition) is 7. The SMILES string of the molecule is COc1cc2oc3cc(O)c(OC)c(C=CC(C)(C)O)c3c(=O)c2c(O)c1CC=C(C)C. The lowest BCUT2D eigenvalue weighted by Crippen LogP contribution is -2.13. The highest BCUT2D eigenvalue weighted by atomic mass is 16.5. The standard InChI is InChI=1S/C25H28O7/c1-13(2)7-8-14-17(30-5)12-19-21(22(14)27)23(28)20-15(9-10-25(3,4)29)24(31-6)16(26)11-18(20)32-19/h7,9-12,26-27,29H,8H2,1-6H3. The normalized spacial score (nSPS) is 12.0. The Morgan fingerprint density at radius 2 is 1.75 bits per heavy atom. The van der Waals surface area contributed by atoms with Gasteiger partial charge in [0.25, 0.3) is 0 Å². The number of fused-ring (bicyclic) bond motifs is 2. The first-order chi connectivity index (χ1) is 15.0. The second-order valence-electron chi connectivity index (χ2n) is 8.40. The average Bonchev–Trinajstić information content (AvgIpc) is 2.69. The lowest BCUT2D eigenvalue weighted by atomic mass is 9.99. The molecule has 0 aliphatic carbocycles. The number of aliphatic hydroxyl groups is 1. The van der Waals surface area contributed by atoms with Crippen LogP contribution >= 0.6 is 0 Å². The summed E-state index contributed by atoms with van der Waals surface area (Å²) in [6.07, 6.45) is 5.26. The van der Waals surface area contributed by atoms with E-state index in [1.54, 1.807) is 19.9 Å². The van der Waals surface area contributed by atoms with Crippen LogP contribution in [0.3, 0.4) is 0 Å². The summed E-state index contributed by atoms with van der Waals surface area (Å²) >= 11 is 0. The number of methoxy groups -OCH3 is 2. The predicted molar refractivity (Wildman–Crippen MR) is 125 cm³/mol. The third-order valence-electron chi connectivity index (χ3n) is 5.06. The van der Waals surface area contributed by atoms with Crippen LogP contribution in [0.4, 0.5) is 0 Å². The van der Waals surface area contributed by atoms with Crippen LogP contribution in [0.2, 0.25) is 0 Å². The fourth-order valence-corrected chi connectivity index (χ4v) is 3.51. The van der Waals surface area contributed by atoms with E-state index in [2.05, 4.69) is 0 Å². The van der Waals surface area contributed by atoms with Gasteiger partial charge in [0.15, 0.2) is 11.5 Å². The van der Waals surface area contributed by atoms with Crippen molar-refractivity contribution < 1.29 is 29.2 Å². The molecule has 0 aliphatic heterocycles. The van der Waals surface area contributed by atoms with Crippen molar-refractivity contribution in [2.75, 3.05) is 14.2 Å². The molecule has 3 N–H and O–H groups in total. The van der Waals surface area contributed by atoms with E-state index in [0.717, 1.165) is 5.57 Å². The Hall–Kier alpha value is -3.45. The van der Waals surface area contributed by atoms with Crippen molar-refractivity contribution in [1.29, 1.82) is 0 Å². The first-order valence-electron chi connectivity index (χ1n) is 10.1. The average molecular weight is 440 g/mol. The number of benzene rings is 2. The summed E-state index contributed by atoms with van der Waals surface area (Å²) < 4.78 is 16.7. The number of allylic oxidation sites excluding steroid dienone is 2. The van der Waals surface area contributed by atoms with Crippen LogP contribution < -0.4 is 14.9 Å². The fraction of sp³-hybridized carbons (Fsp3) is 0.320. The van der Waals surface area contributed by atoms with E-state index < -0.39 is 11.0 Å². The zero-order chi connectivity index (χ0) is 23.8. The molecule has 3 aromatic rings. The van der Waals surface area contributed by atoms with E-state index in [1.807, 2.05) is 19.9 Å². The van der Waals surface area contributed by atoms with Crippen LogP contribution in [0.5, 0.6) is 23.0 Å². The number of rotatable bonds is 6. The molecule has 7 heteroatoms. The lowest BCUT2D eigenvalue weighted by molar-refractivity contribution is 0.134. The summed E-state index contributed by atoms with van der Waals surface area (Å²) in [4.78, 5) is 13.6. The smallest absolute Gasteiger partial charge is 0.205 e. The lowest BCUT2D eigenvalue weighted by Gasteiger charge is -2.15. The highest BCUT2D eigenvalue weighted by Crippen LogP contribution is 2.41. The molecule has 0 fully saturated rings. The Bertz CT molecular complexity index is 1300. The van der Waals surface area contributed by atoms with E-state index in [9.17, 15) is 20.1 Å². The van der Waals surface area contributed by atoms with E-state index in [0.29, 0.717) is 17.7 Å². The molecule has 0 atom stereocenters. The monoisotopic (exact) mass is 440 g/mol. The Morgan fingerprint density at radius 1 is 1.09 bits per heavy atom. The van der Waals surface area contributed by atoms with E-state index >= 15 is 0 Å². The molecule has 1 heterocycles. The highest BCUT2D eigenvalue weighted by molar-refractivity contribution is 6.00. The Labute approximate surface area is 185 Å². The van der Waals surface area contributed by atoms with Crippen molar-refractivity contribution >= 4 is 28.0 Å². The molecule has 170 valence electrons. The number of aromatic hydroxyl groups is 2. The molecule has 32 heavy (non-hydrogen) atoms. The third-order valence-corrected chi connectivity index (χ3v) is 5.06. The van der Waals surface area contributed by atoms with Gasteiger partial charge < -0.3 is 29.2 Å². The van der Waals surface area contributed by atoms with Gasteiger partial charge in [-0.25, -0.2) is 0 Å². The maximum Gasteiger partial charge on any atom is 0.205 e. The van der Waals surface area contributed by atoms with Crippen molar-refractivity contribution in [1.82, 2.24) is 0 Å². The van der Waals surface area contributed by atoms with Crippen molar-refractivity contribution in [3.8, 4) is 23.0 Å². The summed E-state index contributed by atoms with van der Waals surface area (Å²) in [5.41, 5.74) is 0.320. The number of phenols is 2. The summed E-state index contributed by atoms with van der Waals surface area (Å²) in [7, 11) is 2.84. The zero-order valence-electron chi connectivity index (χ0n) is 19.1. The molecule has 0 spiro atoms. The van der Waals surface area contributed by atoms with Gasteiger partial charge in [-0.3, -0.25) is 4.79 Å². The summed E-state index contributed by atoms with van der Waals surface area (Å²) in [5, 5.41) is 31.7. The number of hydrogen-bond donors (Lipinski definition) is 3. The van der Waals surface area contributed by atoms with E-state index in [-0.39, 0.29) is 44.8 Å². The van der Waals surface area contributed by atoms with Gasteiger partial charge >= 0.3 is 0 Å². The molecule has 3 rings (SSSR count). The van der Waals surface area contributed by atoms with Crippen molar-refractivity contribution in [2.24, 2.45) is 0 Å².